The normalized spacial score (nSPS) is 25.4. The molecule has 1 unspecified atom stereocenters. The van der Waals surface area contributed by atoms with Crippen LogP contribution in [0.3, 0.4) is 0 Å². The minimum atomic E-state index is -0.794. The third kappa shape index (κ3) is 5.59. The van der Waals surface area contributed by atoms with E-state index in [9.17, 15) is 14.7 Å². The third-order valence-corrected chi connectivity index (χ3v) is 3.86. The molecular formula is C14H25NO4. The smallest absolute Gasteiger partial charge is 0.308 e. The number of carboxylic acid groups (broad SMARTS) is 1. The molecule has 0 aromatic rings. The van der Waals surface area contributed by atoms with Crippen LogP contribution in [0.5, 0.6) is 0 Å². The van der Waals surface area contributed by atoms with Crippen LogP contribution in [-0.2, 0) is 14.3 Å². The number of nitrogens with one attached hydrogen (secondary N) is 1. The highest BCUT2D eigenvalue weighted by Crippen LogP contribution is 2.24. The van der Waals surface area contributed by atoms with E-state index in [4.69, 9.17) is 4.74 Å². The predicted molar refractivity (Wildman–Crippen MR) is 71.8 cm³/mol. The summed E-state index contributed by atoms with van der Waals surface area (Å²) in [5.74, 6) is -1.30. The van der Waals surface area contributed by atoms with Gasteiger partial charge in [0.05, 0.1) is 12.0 Å². The van der Waals surface area contributed by atoms with Crippen LogP contribution >= 0.6 is 0 Å². The highest BCUT2D eigenvalue weighted by Gasteiger charge is 2.30. The van der Waals surface area contributed by atoms with Gasteiger partial charge in [-0.15, -0.1) is 0 Å². The van der Waals surface area contributed by atoms with Crippen molar-refractivity contribution >= 4 is 11.9 Å². The van der Waals surface area contributed by atoms with Crippen molar-refractivity contribution in [2.24, 2.45) is 5.92 Å². The van der Waals surface area contributed by atoms with E-state index in [-0.39, 0.29) is 18.1 Å². The first kappa shape index (κ1) is 16.0. The molecule has 1 rings (SSSR count). The fourth-order valence-electron chi connectivity index (χ4n) is 2.51. The fraction of sp³-hybridized carbons (Fsp3) is 0.857. The maximum Gasteiger partial charge on any atom is 0.308 e. The van der Waals surface area contributed by atoms with E-state index in [1.807, 2.05) is 6.92 Å². The second-order valence-corrected chi connectivity index (χ2v) is 5.34. The first-order valence-electron chi connectivity index (χ1n) is 7.09. The minimum absolute atomic E-state index is 0.0511. The quantitative estimate of drug-likeness (QED) is 0.724. The summed E-state index contributed by atoms with van der Waals surface area (Å²) < 4.78 is 5.10. The van der Waals surface area contributed by atoms with Gasteiger partial charge in [-0.3, -0.25) is 9.59 Å². The monoisotopic (exact) mass is 271 g/mol. The second kappa shape index (κ2) is 8.15. The van der Waals surface area contributed by atoms with Crippen LogP contribution in [-0.4, -0.2) is 36.2 Å². The lowest BCUT2D eigenvalue weighted by Gasteiger charge is -2.23. The van der Waals surface area contributed by atoms with E-state index in [1.54, 1.807) is 7.11 Å². The van der Waals surface area contributed by atoms with Crippen molar-refractivity contribution in [2.45, 2.75) is 64.0 Å². The largest absolute Gasteiger partial charge is 0.481 e. The van der Waals surface area contributed by atoms with E-state index in [2.05, 4.69) is 5.32 Å². The Kier molecular flexibility index (Phi) is 6.84. The van der Waals surface area contributed by atoms with Crippen LogP contribution in [0.2, 0.25) is 0 Å². The average molecular weight is 271 g/mol. The SMILES string of the molecule is COC(C)CCC(=O)N[C@H]1CCCCC[C@H]1C(=O)O. The molecule has 0 heterocycles. The Balaban J connectivity index is 2.46. The van der Waals surface area contributed by atoms with Gasteiger partial charge in [-0.25, -0.2) is 0 Å². The number of carbonyl (C=O) groups excluding carboxylic acids is 1. The van der Waals surface area contributed by atoms with Crippen LogP contribution in [0, 0.1) is 5.92 Å². The Morgan fingerprint density at radius 1 is 1.32 bits per heavy atom. The Morgan fingerprint density at radius 2 is 2.00 bits per heavy atom. The van der Waals surface area contributed by atoms with Gasteiger partial charge in [0, 0.05) is 19.6 Å². The molecule has 0 bridgehead atoms. The van der Waals surface area contributed by atoms with Gasteiger partial charge in [-0.2, -0.15) is 0 Å². The molecule has 0 aliphatic heterocycles. The molecular weight excluding hydrogens is 246 g/mol. The van der Waals surface area contributed by atoms with Gasteiger partial charge in [0.25, 0.3) is 0 Å². The van der Waals surface area contributed by atoms with E-state index < -0.39 is 11.9 Å². The van der Waals surface area contributed by atoms with Gasteiger partial charge in [-0.1, -0.05) is 19.3 Å². The van der Waals surface area contributed by atoms with Crippen molar-refractivity contribution < 1.29 is 19.4 Å². The number of hydrogen-bond acceptors (Lipinski definition) is 3. The highest BCUT2D eigenvalue weighted by molar-refractivity contribution is 5.78. The topological polar surface area (TPSA) is 75.6 Å². The molecule has 1 aliphatic rings. The number of carbonyl (C=O) groups is 2. The number of ether oxygens (including phenoxy) is 1. The molecule has 0 saturated heterocycles. The Labute approximate surface area is 114 Å². The van der Waals surface area contributed by atoms with E-state index in [0.717, 1.165) is 25.7 Å². The van der Waals surface area contributed by atoms with Crippen LogP contribution < -0.4 is 5.32 Å². The van der Waals surface area contributed by atoms with Gasteiger partial charge in [0.2, 0.25) is 5.91 Å². The molecule has 0 aromatic carbocycles. The molecule has 1 saturated carbocycles. The number of methoxy groups -OCH3 is 1. The number of rotatable bonds is 6. The van der Waals surface area contributed by atoms with Crippen molar-refractivity contribution in [3.63, 3.8) is 0 Å². The molecule has 1 fully saturated rings. The minimum Gasteiger partial charge on any atom is -0.481 e. The summed E-state index contributed by atoms with van der Waals surface area (Å²) in [5.41, 5.74) is 0. The molecule has 1 amide bonds. The second-order valence-electron chi connectivity index (χ2n) is 5.34. The summed E-state index contributed by atoms with van der Waals surface area (Å²) in [6.45, 7) is 1.92. The van der Waals surface area contributed by atoms with Gasteiger partial charge in [0.1, 0.15) is 0 Å². The molecule has 110 valence electrons. The average Bonchev–Trinajstić information content (AvgIpc) is 2.61. The Morgan fingerprint density at radius 3 is 2.63 bits per heavy atom. The molecule has 5 heteroatoms. The summed E-state index contributed by atoms with van der Waals surface area (Å²) in [7, 11) is 1.62. The number of amides is 1. The number of hydrogen-bond donors (Lipinski definition) is 2. The van der Waals surface area contributed by atoms with Crippen LogP contribution in [0.15, 0.2) is 0 Å². The van der Waals surface area contributed by atoms with Crippen molar-refractivity contribution in [2.75, 3.05) is 7.11 Å². The fourth-order valence-corrected chi connectivity index (χ4v) is 2.51. The van der Waals surface area contributed by atoms with Gasteiger partial charge in [0.15, 0.2) is 0 Å². The summed E-state index contributed by atoms with van der Waals surface area (Å²) in [6, 6.07) is -0.217. The van der Waals surface area contributed by atoms with Gasteiger partial charge < -0.3 is 15.2 Å². The van der Waals surface area contributed by atoms with E-state index in [0.29, 0.717) is 19.3 Å². The molecule has 5 nitrogen and oxygen atoms in total. The molecule has 0 spiro atoms. The van der Waals surface area contributed by atoms with Crippen LogP contribution in [0.4, 0.5) is 0 Å². The van der Waals surface area contributed by atoms with Crippen LogP contribution in [0.25, 0.3) is 0 Å². The Bertz CT molecular complexity index is 306. The predicted octanol–water partition coefficient (Wildman–Crippen LogP) is 1.95. The van der Waals surface area contributed by atoms with Gasteiger partial charge in [-0.05, 0) is 26.2 Å². The lowest BCUT2D eigenvalue weighted by molar-refractivity contribution is -0.143. The van der Waals surface area contributed by atoms with Crippen molar-refractivity contribution in [3.8, 4) is 0 Å². The zero-order valence-electron chi connectivity index (χ0n) is 11.9. The standard InChI is InChI=1S/C14H25NO4/c1-10(19-2)8-9-13(16)15-12-7-5-3-4-6-11(12)14(17)18/h10-12H,3-9H2,1-2H3,(H,15,16)(H,17,18)/t10?,11-,12+/m1/s1. The first-order valence-corrected chi connectivity index (χ1v) is 7.09. The molecule has 0 aromatic heterocycles. The molecule has 3 atom stereocenters. The highest BCUT2D eigenvalue weighted by atomic mass is 16.5. The van der Waals surface area contributed by atoms with Crippen molar-refractivity contribution in [1.29, 1.82) is 0 Å². The summed E-state index contributed by atoms with van der Waals surface area (Å²) in [5, 5.41) is 12.1. The summed E-state index contributed by atoms with van der Waals surface area (Å²) in [4.78, 5) is 23.1. The van der Waals surface area contributed by atoms with Crippen LogP contribution in [0.1, 0.15) is 51.9 Å². The van der Waals surface area contributed by atoms with Crippen molar-refractivity contribution in [3.05, 3.63) is 0 Å². The lowest BCUT2D eigenvalue weighted by atomic mass is 9.94. The molecule has 19 heavy (non-hydrogen) atoms. The lowest BCUT2D eigenvalue weighted by Crippen LogP contribution is -2.42. The van der Waals surface area contributed by atoms with E-state index in [1.165, 1.54) is 0 Å². The summed E-state index contributed by atoms with van der Waals surface area (Å²) >= 11 is 0. The zero-order chi connectivity index (χ0) is 14.3. The third-order valence-electron chi connectivity index (χ3n) is 3.86. The molecule has 0 radical (unpaired) electrons. The maximum absolute atomic E-state index is 11.9. The summed E-state index contributed by atoms with van der Waals surface area (Å²) in [6.07, 6.45) is 5.50. The first-order chi connectivity index (χ1) is 9.04. The van der Waals surface area contributed by atoms with E-state index >= 15 is 0 Å². The Hall–Kier alpha value is -1.10. The number of carboxylic acids is 1. The van der Waals surface area contributed by atoms with Gasteiger partial charge >= 0.3 is 5.97 Å². The molecule has 1 aliphatic carbocycles. The van der Waals surface area contributed by atoms with Crippen molar-refractivity contribution in [1.82, 2.24) is 5.32 Å². The zero-order valence-corrected chi connectivity index (χ0v) is 11.9. The maximum atomic E-state index is 11.9. The number of aliphatic carboxylic acids is 1. The molecule has 2 N–H and O–H groups in total.